The van der Waals surface area contributed by atoms with Crippen LogP contribution < -0.4 is 19.4 Å². The van der Waals surface area contributed by atoms with Crippen LogP contribution in [-0.2, 0) is 0 Å². The number of ether oxygens (including phenoxy) is 2. The van der Waals surface area contributed by atoms with Gasteiger partial charge in [0.1, 0.15) is 11.3 Å². The second kappa shape index (κ2) is 8.07. The van der Waals surface area contributed by atoms with Crippen molar-refractivity contribution in [3.05, 3.63) is 53.9 Å². The van der Waals surface area contributed by atoms with E-state index in [2.05, 4.69) is 34.6 Å². The van der Waals surface area contributed by atoms with Crippen molar-refractivity contribution in [2.75, 3.05) is 46.9 Å². The van der Waals surface area contributed by atoms with Crippen molar-refractivity contribution in [3.63, 3.8) is 0 Å². The van der Waals surface area contributed by atoms with Crippen LogP contribution in [-0.4, -0.2) is 51.8 Å². The summed E-state index contributed by atoms with van der Waals surface area (Å²) in [4.78, 5) is 2.49. The smallest absolute Gasteiger partial charge is 0.214 e. The highest BCUT2D eigenvalue weighted by molar-refractivity contribution is 5.78. The predicted molar refractivity (Wildman–Crippen MR) is 112 cm³/mol. The Balaban J connectivity index is 1.88. The van der Waals surface area contributed by atoms with E-state index in [4.69, 9.17) is 13.9 Å². The Morgan fingerprint density at radius 3 is 2.43 bits per heavy atom. The third-order valence-corrected chi connectivity index (χ3v) is 5.48. The van der Waals surface area contributed by atoms with Gasteiger partial charge in [-0.2, -0.15) is 0 Å². The van der Waals surface area contributed by atoms with E-state index in [1.807, 2.05) is 30.3 Å². The van der Waals surface area contributed by atoms with Crippen LogP contribution in [0.25, 0.3) is 22.3 Å². The Bertz CT molecular complexity index is 1050. The second-order valence-electron chi connectivity index (χ2n) is 6.98. The normalized spacial score (nSPS) is 15.0. The molecule has 1 aliphatic rings. The highest BCUT2D eigenvalue weighted by atomic mass is 16.5. The van der Waals surface area contributed by atoms with Crippen LogP contribution in [0, 0.1) is 0 Å². The molecular weight excluding hydrogens is 352 g/mol. The van der Waals surface area contributed by atoms with E-state index >= 15 is 0 Å². The Morgan fingerprint density at radius 1 is 0.964 bits per heavy atom. The minimum Gasteiger partial charge on any atom is -0.493 e. The van der Waals surface area contributed by atoms with E-state index in [0.29, 0.717) is 11.5 Å². The van der Waals surface area contributed by atoms with Crippen molar-refractivity contribution >= 4 is 11.0 Å². The molecule has 0 atom stereocenters. The molecule has 0 saturated carbocycles. The van der Waals surface area contributed by atoms with Gasteiger partial charge in [0.2, 0.25) is 5.36 Å². The van der Waals surface area contributed by atoms with E-state index in [9.17, 15) is 0 Å². The van der Waals surface area contributed by atoms with E-state index in [1.54, 1.807) is 14.2 Å². The molecule has 1 aromatic heterocycles. The number of hydrogen-bond acceptors (Lipinski definition) is 4. The van der Waals surface area contributed by atoms with Crippen LogP contribution in [0.15, 0.2) is 52.9 Å². The van der Waals surface area contributed by atoms with Gasteiger partial charge in [-0.3, -0.25) is 4.90 Å². The van der Waals surface area contributed by atoms with E-state index in [1.165, 1.54) is 5.36 Å². The summed E-state index contributed by atoms with van der Waals surface area (Å²) >= 11 is 0. The summed E-state index contributed by atoms with van der Waals surface area (Å²) in [6.07, 6.45) is 0. The Kier molecular flexibility index (Phi) is 5.35. The first-order valence-electron chi connectivity index (χ1n) is 9.79. The van der Waals surface area contributed by atoms with Crippen LogP contribution in [0.4, 0.5) is 0 Å². The van der Waals surface area contributed by atoms with Crippen molar-refractivity contribution in [1.29, 1.82) is 0 Å². The van der Waals surface area contributed by atoms with Gasteiger partial charge in [-0.1, -0.05) is 19.1 Å². The maximum atomic E-state index is 6.26. The Morgan fingerprint density at radius 2 is 1.71 bits per heavy atom. The zero-order valence-electron chi connectivity index (χ0n) is 16.8. The van der Waals surface area contributed by atoms with Gasteiger partial charge in [-0.15, -0.1) is 0 Å². The summed E-state index contributed by atoms with van der Waals surface area (Å²) in [5.41, 5.74) is 1.86. The van der Waals surface area contributed by atoms with Crippen molar-refractivity contribution in [1.82, 2.24) is 9.48 Å². The van der Waals surface area contributed by atoms with Gasteiger partial charge < -0.3 is 13.9 Å². The van der Waals surface area contributed by atoms with Crippen molar-refractivity contribution < 1.29 is 13.9 Å². The lowest BCUT2D eigenvalue weighted by Gasteiger charge is -2.23. The van der Waals surface area contributed by atoms with Crippen LogP contribution in [0.2, 0.25) is 0 Å². The van der Waals surface area contributed by atoms with Gasteiger partial charge in [0.05, 0.1) is 38.8 Å². The molecule has 1 fully saturated rings. The number of piperazine rings is 1. The molecule has 1 saturated heterocycles. The van der Waals surface area contributed by atoms with Crippen LogP contribution in [0.3, 0.4) is 0 Å². The number of rotatable bonds is 4. The molecule has 3 aromatic rings. The Labute approximate surface area is 165 Å². The SMILES string of the molecule is CCN1CC[N+](=c2cc(-c3ccc(OC)c(OC)c3)oc3ccccc23)CC1. The summed E-state index contributed by atoms with van der Waals surface area (Å²) in [5.74, 6) is 2.23. The average Bonchev–Trinajstić information content (AvgIpc) is 2.77. The molecule has 0 radical (unpaired) electrons. The molecule has 146 valence electrons. The lowest BCUT2D eigenvalue weighted by Crippen LogP contribution is -2.47. The number of likely N-dealkylation sites (N-methyl/N-ethyl adjacent to an activating group) is 1. The zero-order valence-corrected chi connectivity index (χ0v) is 16.8. The molecule has 2 heterocycles. The molecule has 0 bridgehead atoms. The molecule has 0 unspecified atom stereocenters. The molecule has 5 nitrogen and oxygen atoms in total. The number of hydrogen-bond donors (Lipinski definition) is 0. The number of fused-ring (bicyclic) bond motifs is 1. The van der Waals surface area contributed by atoms with Gasteiger partial charge in [-0.05, 0) is 36.9 Å². The second-order valence-corrected chi connectivity index (χ2v) is 6.98. The highest BCUT2D eigenvalue weighted by Gasteiger charge is 2.20. The predicted octanol–water partition coefficient (Wildman–Crippen LogP) is 3.22. The van der Waals surface area contributed by atoms with Crippen molar-refractivity contribution in [3.8, 4) is 22.8 Å². The van der Waals surface area contributed by atoms with Gasteiger partial charge in [0.15, 0.2) is 24.6 Å². The monoisotopic (exact) mass is 379 g/mol. The quantitative estimate of drug-likeness (QED) is 0.653. The molecule has 4 rings (SSSR count). The average molecular weight is 379 g/mol. The lowest BCUT2D eigenvalue weighted by molar-refractivity contribution is 0.234. The number of nitrogens with zero attached hydrogens (tertiary/aromatic N) is 2. The molecule has 0 amide bonds. The maximum Gasteiger partial charge on any atom is 0.214 e. The summed E-state index contributed by atoms with van der Waals surface area (Å²) < 4.78 is 19.6. The minimum absolute atomic E-state index is 0.696. The number of benzene rings is 2. The molecule has 0 N–H and O–H groups in total. The summed E-state index contributed by atoms with van der Waals surface area (Å²) in [6.45, 7) is 7.54. The third kappa shape index (κ3) is 3.50. The van der Waals surface area contributed by atoms with Crippen LogP contribution in [0.1, 0.15) is 6.92 Å². The first-order chi connectivity index (χ1) is 13.7. The number of para-hydroxylation sites is 1. The third-order valence-electron chi connectivity index (χ3n) is 5.48. The zero-order chi connectivity index (χ0) is 19.5. The lowest BCUT2D eigenvalue weighted by atomic mass is 10.1. The molecular formula is C23H27N2O3+. The van der Waals surface area contributed by atoms with E-state index in [-0.39, 0.29) is 0 Å². The molecule has 28 heavy (non-hydrogen) atoms. The topological polar surface area (TPSA) is 37.9 Å². The van der Waals surface area contributed by atoms with Gasteiger partial charge in [0, 0.05) is 5.56 Å². The van der Waals surface area contributed by atoms with Crippen LogP contribution >= 0.6 is 0 Å². The fourth-order valence-electron chi connectivity index (χ4n) is 3.82. The molecule has 0 spiro atoms. The summed E-state index contributed by atoms with van der Waals surface area (Å²) in [6, 6.07) is 16.3. The van der Waals surface area contributed by atoms with Gasteiger partial charge in [-0.25, -0.2) is 4.58 Å². The van der Waals surface area contributed by atoms with Crippen molar-refractivity contribution in [2.24, 2.45) is 0 Å². The first-order valence-corrected chi connectivity index (χ1v) is 9.79. The standard InChI is InChI=1S/C23H27N2O3/c1-4-24-11-13-25(14-12-24)19-16-22(28-20-8-6-5-7-18(19)20)17-9-10-21(26-2)23(15-17)27-3/h5-10,15-16H,4,11-14H2,1-3H3/q+1. The first kappa shape index (κ1) is 18.6. The van der Waals surface area contributed by atoms with E-state index < -0.39 is 0 Å². The molecule has 5 heteroatoms. The largest absolute Gasteiger partial charge is 0.493 e. The van der Waals surface area contributed by atoms with Crippen LogP contribution in [0.5, 0.6) is 11.5 Å². The van der Waals surface area contributed by atoms with Gasteiger partial charge >= 0.3 is 0 Å². The minimum atomic E-state index is 0.696. The summed E-state index contributed by atoms with van der Waals surface area (Å²) in [7, 11) is 3.30. The molecule has 0 aliphatic carbocycles. The summed E-state index contributed by atoms with van der Waals surface area (Å²) in [5, 5.41) is 2.37. The molecule has 1 aliphatic heterocycles. The molecule has 2 aromatic carbocycles. The van der Waals surface area contributed by atoms with E-state index in [0.717, 1.165) is 55.0 Å². The fourth-order valence-corrected chi connectivity index (χ4v) is 3.82. The fraction of sp³-hybridized carbons (Fsp3) is 0.348. The Hall–Kier alpha value is -2.79. The maximum absolute atomic E-state index is 6.26. The highest BCUT2D eigenvalue weighted by Crippen LogP contribution is 2.32. The van der Waals surface area contributed by atoms with Gasteiger partial charge in [0.25, 0.3) is 0 Å². The number of methoxy groups -OCH3 is 2. The van der Waals surface area contributed by atoms with Crippen molar-refractivity contribution in [2.45, 2.75) is 6.92 Å².